The number of anilines is 1. The number of para-hydroxylation sites is 1. The number of aryl methyl sites for hydroxylation is 1. The Balaban J connectivity index is 2.61. The summed E-state index contributed by atoms with van der Waals surface area (Å²) in [5.41, 5.74) is 6.52. The number of nitrogens with zero attached hydrogens (tertiary/aromatic N) is 3. The van der Waals surface area contributed by atoms with E-state index in [-0.39, 0.29) is 11.8 Å². The van der Waals surface area contributed by atoms with Gasteiger partial charge in [0.1, 0.15) is 17.8 Å². The van der Waals surface area contributed by atoms with Crippen LogP contribution in [-0.4, -0.2) is 14.8 Å². The first-order valence-corrected chi connectivity index (χ1v) is 4.11. The van der Waals surface area contributed by atoms with Crippen molar-refractivity contribution < 1.29 is 4.39 Å². The van der Waals surface area contributed by atoms with Gasteiger partial charge in [0.2, 0.25) is 5.95 Å². The molecule has 2 rings (SSSR count). The molecule has 1 aromatic carbocycles. The van der Waals surface area contributed by atoms with Crippen molar-refractivity contribution in [2.24, 2.45) is 0 Å². The maximum absolute atomic E-state index is 13.4. The molecule has 0 unspecified atom stereocenters. The molecule has 1 aromatic heterocycles. The highest BCUT2D eigenvalue weighted by Gasteiger charge is 2.08. The third-order valence-electron chi connectivity index (χ3n) is 1.93. The quantitative estimate of drug-likeness (QED) is 0.740. The molecule has 0 spiro atoms. The average molecular weight is 192 g/mol. The average Bonchev–Trinajstić information content (AvgIpc) is 2.51. The van der Waals surface area contributed by atoms with Crippen LogP contribution in [0.1, 0.15) is 5.56 Å². The van der Waals surface area contributed by atoms with Crippen LogP contribution >= 0.6 is 0 Å². The van der Waals surface area contributed by atoms with E-state index in [0.29, 0.717) is 5.69 Å². The van der Waals surface area contributed by atoms with E-state index >= 15 is 0 Å². The molecule has 72 valence electrons. The lowest BCUT2D eigenvalue weighted by Crippen LogP contribution is -2.01. The normalized spacial score (nSPS) is 10.4. The molecule has 0 aliphatic carbocycles. The molecule has 0 saturated heterocycles. The van der Waals surface area contributed by atoms with Crippen molar-refractivity contribution >= 4 is 5.95 Å². The van der Waals surface area contributed by atoms with E-state index in [0.717, 1.165) is 5.56 Å². The van der Waals surface area contributed by atoms with Gasteiger partial charge in [-0.3, -0.25) is 0 Å². The Bertz CT molecular complexity index is 443. The molecule has 0 bridgehead atoms. The monoisotopic (exact) mass is 192 g/mol. The van der Waals surface area contributed by atoms with Crippen LogP contribution in [0.3, 0.4) is 0 Å². The van der Waals surface area contributed by atoms with Gasteiger partial charge in [-0.2, -0.15) is 0 Å². The number of rotatable bonds is 1. The molecule has 0 saturated carbocycles. The number of aromatic nitrogens is 3. The summed E-state index contributed by atoms with van der Waals surface area (Å²) in [7, 11) is 0. The third-order valence-corrected chi connectivity index (χ3v) is 1.93. The molecule has 0 aliphatic heterocycles. The van der Waals surface area contributed by atoms with Crippen molar-refractivity contribution in [3.63, 3.8) is 0 Å². The molecular weight excluding hydrogens is 183 g/mol. The van der Waals surface area contributed by atoms with Gasteiger partial charge in [0.25, 0.3) is 0 Å². The minimum absolute atomic E-state index is 0.132. The lowest BCUT2D eigenvalue weighted by Gasteiger charge is -2.05. The second-order valence-corrected chi connectivity index (χ2v) is 2.95. The molecule has 2 N–H and O–H groups in total. The first kappa shape index (κ1) is 8.68. The molecule has 0 aliphatic rings. The topological polar surface area (TPSA) is 56.7 Å². The minimum Gasteiger partial charge on any atom is -0.366 e. The fourth-order valence-corrected chi connectivity index (χ4v) is 1.30. The Hall–Kier alpha value is -1.91. The van der Waals surface area contributed by atoms with Crippen molar-refractivity contribution in [3.8, 4) is 5.69 Å². The number of nitrogen functional groups attached to an aromatic ring is 1. The number of benzene rings is 1. The zero-order chi connectivity index (χ0) is 10.1. The highest BCUT2D eigenvalue weighted by Crippen LogP contribution is 2.16. The lowest BCUT2D eigenvalue weighted by atomic mass is 10.2. The minimum atomic E-state index is -0.338. The van der Waals surface area contributed by atoms with Crippen LogP contribution in [0, 0.1) is 12.7 Å². The summed E-state index contributed by atoms with van der Waals surface area (Å²) in [6.45, 7) is 1.80. The maximum atomic E-state index is 13.4. The SMILES string of the molecule is Cc1cccc(F)c1-n1cnc(N)n1. The van der Waals surface area contributed by atoms with Crippen LogP contribution in [0.4, 0.5) is 10.3 Å². The Labute approximate surface area is 80.2 Å². The van der Waals surface area contributed by atoms with Gasteiger partial charge in [-0.05, 0) is 18.6 Å². The van der Waals surface area contributed by atoms with Crippen LogP contribution in [0.5, 0.6) is 0 Å². The summed E-state index contributed by atoms with van der Waals surface area (Å²) < 4.78 is 14.7. The summed E-state index contributed by atoms with van der Waals surface area (Å²) in [5, 5.41) is 3.85. The maximum Gasteiger partial charge on any atom is 0.239 e. The molecule has 4 nitrogen and oxygen atoms in total. The lowest BCUT2D eigenvalue weighted by molar-refractivity contribution is 0.609. The van der Waals surface area contributed by atoms with E-state index in [1.807, 2.05) is 0 Å². The highest BCUT2D eigenvalue weighted by molar-refractivity contribution is 5.40. The highest BCUT2D eigenvalue weighted by atomic mass is 19.1. The number of halogens is 1. The summed E-state index contributed by atoms with van der Waals surface area (Å²) in [5.74, 6) is -0.206. The van der Waals surface area contributed by atoms with E-state index in [2.05, 4.69) is 10.1 Å². The Morgan fingerprint density at radius 1 is 1.43 bits per heavy atom. The summed E-state index contributed by atoms with van der Waals surface area (Å²) in [6, 6.07) is 4.82. The number of nitrogens with two attached hydrogens (primary N) is 1. The molecule has 0 fully saturated rings. The van der Waals surface area contributed by atoms with Gasteiger partial charge in [-0.1, -0.05) is 12.1 Å². The van der Waals surface area contributed by atoms with E-state index in [1.165, 1.54) is 17.1 Å². The van der Waals surface area contributed by atoms with E-state index < -0.39 is 0 Å². The van der Waals surface area contributed by atoms with Gasteiger partial charge in [-0.25, -0.2) is 14.1 Å². The first-order valence-electron chi connectivity index (χ1n) is 4.11. The van der Waals surface area contributed by atoms with Crippen LogP contribution < -0.4 is 5.73 Å². The molecule has 0 amide bonds. The van der Waals surface area contributed by atoms with Crippen molar-refractivity contribution in [2.75, 3.05) is 5.73 Å². The largest absolute Gasteiger partial charge is 0.366 e. The second kappa shape index (κ2) is 3.10. The predicted molar refractivity (Wildman–Crippen MR) is 50.5 cm³/mol. The van der Waals surface area contributed by atoms with Crippen LogP contribution in [0.15, 0.2) is 24.5 Å². The smallest absolute Gasteiger partial charge is 0.239 e. The molecule has 0 radical (unpaired) electrons. The van der Waals surface area contributed by atoms with Crippen LogP contribution in [0.2, 0.25) is 0 Å². The van der Waals surface area contributed by atoms with Crippen molar-refractivity contribution in [1.29, 1.82) is 0 Å². The fourth-order valence-electron chi connectivity index (χ4n) is 1.30. The molecule has 14 heavy (non-hydrogen) atoms. The predicted octanol–water partition coefficient (Wildman–Crippen LogP) is 1.30. The Morgan fingerprint density at radius 3 is 2.79 bits per heavy atom. The molecule has 1 heterocycles. The fraction of sp³-hybridized carbons (Fsp3) is 0.111. The van der Waals surface area contributed by atoms with Gasteiger partial charge >= 0.3 is 0 Å². The Kier molecular flexibility index (Phi) is 1.92. The van der Waals surface area contributed by atoms with Crippen LogP contribution in [-0.2, 0) is 0 Å². The van der Waals surface area contributed by atoms with Gasteiger partial charge < -0.3 is 5.73 Å². The zero-order valence-corrected chi connectivity index (χ0v) is 7.61. The second-order valence-electron chi connectivity index (χ2n) is 2.95. The van der Waals surface area contributed by atoms with E-state index in [9.17, 15) is 4.39 Å². The zero-order valence-electron chi connectivity index (χ0n) is 7.61. The third kappa shape index (κ3) is 1.32. The summed E-state index contributed by atoms with van der Waals surface area (Å²) in [4.78, 5) is 3.74. The van der Waals surface area contributed by atoms with Crippen molar-refractivity contribution in [1.82, 2.24) is 14.8 Å². The number of hydrogen-bond acceptors (Lipinski definition) is 3. The van der Waals surface area contributed by atoms with E-state index in [4.69, 9.17) is 5.73 Å². The molecular formula is C9H9FN4. The van der Waals surface area contributed by atoms with Crippen LogP contribution in [0.25, 0.3) is 5.69 Å². The standard InChI is InChI=1S/C9H9FN4/c1-6-3-2-4-7(10)8(6)14-5-12-9(11)13-14/h2-5H,1H3,(H2,11,13). The molecule has 5 heteroatoms. The first-order chi connectivity index (χ1) is 6.68. The van der Waals surface area contributed by atoms with Crippen molar-refractivity contribution in [2.45, 2.75) is 6.92 Å². The Morgan fingerprint density at radius 2 is 2.21 bits per heavy atom. The summed E-state index contributed by atoms with van der Waals surface area (Å²) >= 11 is 0. The van der Waals surface area contributed by atoms with Gasteiger partial charge in [-0.15, -0.1) is 5.10 Å². The van der Waals surface area contributed by atoms with Gasteiger partial charge in [0.05, 0.1) is 0 Å². The summed E-state index contributed by atoms with van der Waals surface area (Å²) in [6.07, 6.45) is 1.39. The van der Waals surface area contributed by atoms with Crippen molar-refractivity contribution in [3.05, 3.63) is 35.9 Å². The number of hydrogen-bond donors (Lipinski definition) is 1. The van der Waals surface area contributed by atoms with Gasteiger partial charge in [0.15, 0.2) is 0 Å². The molecule has 0 atom stereocenters. The molecule has 2 aromatic rings. The van der Waals surface area contributed by atoms with E-state index in [1.54, 1.807) is 19.1 Å². The van der Waals surface area contributed by atoms with Gasteiger partial charge in [0, 0.05) is 0 Å².